The lowest BCUT2D eigenvalue weighted by atomic mass is 10.4. The Morgan fingerprint density at radius 1 is 0.950 bits per heavy atom. The van der Waals surface area contributed by atoms with Crippen LogP contribution in [0.25, 0.3) is 0 Å². The molecule has 0 aliphatic rings. The minimum absolute atomic E-state index is 0.190. The highest BCUT2D eigenvalue weighted by atomic mass is 35.8. The van der Waals surface area contributed by atoms with E-state index in [1.54, 1.807) is 0 Å². The molecular weight excluding hydrogens is 359 g/mol. The van der Waals surface area contributed by atoms with Gasteiger partial charge in [0.2, 0.25) is 0 Å². The number of rotatable bonds is 5. The van der Waals surface area contributed by atoms with Crippen LogP contribution in [-0.2, 0) is 0 Å². The molecule has 0 N–H and O–H groups in total. The number of hydrogen-bond acceptors (Lipinski definition) is 0. The highest BCUT2D eigenvalue weighted by Gasteiger charge is 2.45. The third kappa shape index (κ3) is 4.02. The van der Waals surface area contributed by atoms with Crippen LogP contribution in [-0.4, -0.2) is 22.2 Å². The Labute approximate surface area is 140 Å². The van der Waals surface area contributed by atoms with Crippen LogP contribution in [0.4, 0.5) is 0 Å². The van der Waals surface area contributed by atoms with Gasteiger partial charge in [-0.25, -0.2) is 0 Å². The average Bonchev–Trinajstić information content (AvgIpc) is 2.37. The van der Waals surface area contributed by atoms with Gasteiger partial charge in [0.1, 0.15) is 8.07 Å². The van der Waals surface area contributed by atoms with Crippen molar-refractivity contribution >= 4 is 65.8 Å². The van der Waals surface area contributed by atoms with Gasteiger partial charge in [0.15, 0.2) is 0 Å². The van der Waals surface area contributed by atoms with Crippen molar-refractivity contribution < 1.29 is 0 Å². The van der Waals surface area contributed by atoms with E-state index in [1.807, 2.05) is 0 Å². The average molecular weight is 382 g/mol. The lowest BCUT2D eigenvalue weighted by Gasteiger charge is -2.34. The summed E-state index contributed by atoms with van der Waals surface area (Å²) in [4.78, 5) is 0. The molecule has 0 nitrogen and oxygen atoms in total. The largest absolute Gasteiger partial charge is 0.341 e. The summed E-state index contributed by atoms with van der Waals surface area (Å²) in [5.41, 5.74) is 2.11. The van der Waals surface area contributed by atoms with E-state index in [2.05, 4.69) is 69.7 Å². The predicted octanol–water partition coefficient (Wildman–Crippen LogP) is 4.83. The fourth-order valence-corrected chi connectivity index (χ4v) is 16.0. The molecule has 0 fully saturated rings. The summed E-state index contributed by atoms with van der Waals surface area (Å²) in [6.07, 6.45) is 0. The third-order valence-electron chi connectivity index (χ3n) is 4.46. The summed E-state index contributed by atoms with van der Waals surface area (Å²) in [6.45, 7) is 15.2. The topological polar surface area (TPSA) is 0 Å². The summed E-state index contributed by atoms with van der Waals surface area (Å²) in [6, 6.07) is 6.29. The van der Waals surface area contributed by atoms with Gasteiger partial charge < -0.3 is 0 Å². The highest BCUT2D eigenvalue weighted by Crippen LogP contribution is 2.39. The van der Waals surface area contributed by atoms with Crippen molar-refractivity contribution in [1.82, 2.24) is 0 Å². The smallest absolute Gasteiger partial charge is 0.126 e. The quantitative estimate of drug-likeness (QED) is 0.506. The molecule has 0 aromatic heterocycles. The van der Waals surface area contributed by atoms with Gasteiger partial charge in [0.05, 0.1) is 8.07 Å². The zero-order valence-electron chi connectivity index (χ0n) is 12.8. The van der Waals surface area contributed by atoms with E-state index in [9.17, 15) is 0 Å². The Morgan fingerprint density at radius 2 is 1.35 bits per heavy atom. The van der Waals surface area contributed by atoms with E-state index in [4.69, 9.17) is 33.2 Å². The Hall–Kier alpha value is 0.481. The van der Waals surface area contributed by atoms with Gasteiger partial charge in [-0.15, -0.1) is 39.8 Å². The molecule has 0 saturated heterocycles. The van der Waals surface area contributed by atoms with Crippen LogP contribution in [0, 0.1) is 0 Å². The van der Waals surface area contributed by atoms with Gasteiger partial charge in [-0.2, -0.15) is 0 Å². The molecule has 1 aromatic rings. The molecule has 112 valence electrons. The van der Waals surface area contributed by atoms with Crippen molar-refractivity contribution in [3.63, 3.8) is 0 Å². The molecule has 1 aromatic carbocycles. The molecule has 0 bridgehead atoms. The van der Waals surface area contributed by atoms with E-state index in [1.165, 1.54) is 10.4 Å². The molecule has 0 spiro atoms. The Morgan fingerprint density at radius 3 is 1.70 bits per heavy atom. The minimum Gasteiger partial charge on any atom is -0.126 e. The van der Waals surface area contributed by atoms with Crippen molar-refractivity contribution in [2.45, 2.75) is 38.3 Å². The van der Waals surface area contributed by atoms with E-state index < -0.39 is 22.2 Å². The van der Waals surface area contributed by atoms with Crippen molar-refractivity contribution in [3.05, 3.63) is 36.5 Å². The van der Waals surface area contributed by atoms with Gasteiger partial charge >= 0.3 is 6.00 Å². The first-order valence-electron chi connectivity index (χ1n) is 6.74. The lowest BCUT2D eigenvalue weighted by Crippen LogP contribution is -2.51. The molecule has 1 rings (SSSR count). The summed E-state index contributed by atoms with van der Waals surface area (Å²) >= 11 is 18.7. The van der Waals surface area contributed by atoms with Gasteiger partial charge in [-0.3, -0.25) is 0 Å². The molecule has 1 unspecified atom stereocenters. The van der Waals surface area contributed by atoms with Crippen LogP contribution in [0.2, 0.25) is 31.4 Å². The minimum atomic E-state index is -2.67. The Balaban J connectivity index is 3.13. The first kappa shape index (κ1) is 18.5. The highest BCUT2D eigenvalue weighted by molar-refractivity contribution is 7.67. The van der Waals surface area contributed by atoms with Crippen LogP contribution in [0.3, 0.4) is 0 Å². The fraction of sp³-hybridized carbons (Fsp3) is 0.429. The molecular formula is C14H23Cl3Si3. The second kappa shape index (κ2) is 6.31. The monoisotopic (exact) mass is 380 g/mol. The van der Waals surface area contributed by atoms with E-state index in [0.29, 0.717) is 0 Å². The van der Waals surface area contributed by atoms with Crippen LogP contribution in [0.1, 0.15) is 6.92 Å². The third-order valence-corrected chi connectivity index (χ3v) is 20.3. The zero-order valence-corrected chi connectivity index (χ0v) is 18.1. The first-order valence-corrected chi connectivity index (χ1v) is 18.0. The fourth-order valence-electron chi connectivity index (χ4n) is 2.11. The SMILES string of the molecule is C=C[Si](C)(C)c1ccc([Si](C)(C)C(C)[Si](Cl)(Cl)Cl)cc1. The predicted molar refractivity (Wildman–Crippen MR) is 104 cm³/mol. The molecule has 6 heteroatoms. The second-order valence-corrected chi connectivity index (χ2v) is 25.4. The van der Waals surface area contributed by atoms with Gasteiger partial charge in [-0.05, 0) is 5.16 Å². The summed E-state index contributed by atoms with van der Waals surface area (Å²) in [5.74, 6) is 0. The molecule has 0 heterocycles. The van der Waals surface area contributed by atoms with Crippen LogP contribution < -0.4 is 10.4 Å². The normalized spacial score (nSPS) is 15.0. The molecule has 0 amide bonds. The maximum Gasteiger partial charge on any atom is 0.341 e. The van der Waals surface area contributed by atoms with Crippen LogP contribution in [0.5, 0.6) is 0 Å². The first-order chi connectivity index (χ1) is 8.93. The van der Waals surface area contributed by atoms with E-state index in [-0.39, 0.29) is 5.16 Å². The van der Waals surface area contributed by atoms with Gasteiger partial charge in [0.25, 0.3) is 0 Å². The molecule has 20 heavy (non-hydrogen) atoms. The molecule has 0 aliphatic heterocycles. The summed E-state index contributed by atoms with van der Waals surface area (Å²) < 4.78 is 0. The van der Waals surface area contributed by atoms with E-state index >= 15 is 0 Å². The van der Waals surface area contributed by atoms with Crippen molar-refractivity contribution in [2.24, 2.45) is 0 Å². The number of halogens is 3. The maximum absolute atomic E-state index is 6.24. The zero-order chi connectivity index (χ0) is 15.8. The Bertz CT molecular complexity index is 475. The lowest BCUT2D eigenvalue weighted by molar-refractivity contribution is 1.25. The van der Waals surface area contributed by atoms with Crippen molar-refractivity contribution in [3.8, 4) is 0 Å². The number of hydrogen-bond donors (Lipinski definition) is 0. The standard InChI is InChI=1S/C14H23Cl3Si3/c1-7-18(3,4)13-8-10-14(11-9-13)19(5,6)12(2)20(15,16)17/h7-12H,1H2,2-6H3. The number of benzene rings is 1. The van der Waals surface area contributed by atoms with Crippen molar-refractivity contribution in [2.75, 3.05) is 0 Å². The molecule has 0 saturated carbocycles. The maximum atomic E-state index is 6.24. The molecule has 0 aliphatic carbocycles. The van der Waals surface area contributed by atoms with Crippen molar-refractivity contribution in [1.29, 1.82) is 0 Å². The van der Waals surface area contributed by atoms with Crippen LogP contribution >= 0.6 is 33.2 Å². The molecule has 1 atom stereocenters. The summed E-state index contributed by atoms with van der Waals surface area (Å²) in [7, 11) is -3.24. The van der Waals surface area contributed by atoms with Gasteiger partial charge in [-0.1, -0.05) is 73.4 Å². The Kier molecular flexibility index (Phi) is 5.84. The van der Waals surface area contributed by atoms with Crippen LogP contribution in [0.15, 0.2) is 36.5 Å². The summed E-state index contributed by atoms with van der Waals surface area (Å²) in [5, 5.41) is 2.96. The van der Waals surface area contributed by atoms with E-state index in [0.717, 1.165) is 0 Å². The molecule has 0 radical (unpaired) electrons. The second-order valence-electron chi connectivity index (χ2n) is 6.49. The van der Waals surface area contributed by atoms with Gasteiger partial charge in [0, 0.05) is 0 Å².